The number of halogens is 1. The molecular formula is C22H27FN2O. The number of piperidine rings is 1. The molecule has 0 spiro atoms. The molecule has 1 atom stereocenters. The Morgan fingerprint density at radius 2 is 1.96 bits per heavy atom. The molecule has 2 heterocycles. The van der Waals surface area contributed by atoms with Crippen molar-refractivity contribution < 1.29 is 9.18 Å². The fourth-order valence-corrected chi connectivity index (χ4v) is 3.70. The molecule has 0 radical (unpaired) electrons. The summed E-state index contributed by atoms with van der Waals surface area (Å²) in [6.07, 6.45) is 2.85. The standard InChI is InChI=1S/C22H27FN2O/c1-15(2)22(26)25-10-4-5-19(14-25)21-13-18(11-16(3)24-21)12-17-6-8-20(23)9-7-17/h6-9,11,13,15,19H,4-5,10,12,14H2,1-3H3. The molecule has 1 aliphatic heterocycles. The fraction of sp³-hybridized carbons (Fsp3) is 0.455. The van der Waals surface area contributed by atoms with Crippen molar-refractivity contribution in [3.05, 3.63) is 64.7 Å². The van der Waals surface area contributed by atoms with Crippen LogP contribution in [0.15, 0.2) is 36.4 Å². The maximum absolute atomic E-state index is 13.1. The van der Waals surface area contributed by atoms with Gasteiger partial charge in [0.1, 0.15) is 5.82 Å². The number of carbonyl (C=O) groups is 1. The summed E-state index contributed by atoms with van der Waals surface area (Å²) in [7, 11) is 0. The van der Waals surface area contributed by atoms with Crippen molar-refractivity contribution in [1.29, 1.82) is 0 Å². The number of likely N-dealkylation sites (tertiary alicyclic amines) is 1. The van der Waals surface area contributed by atoms with Crippen molar-refractivity contribution in [2.45, 2.75) is 46.0 Å². The van der Waals surface area contributed by atoms with Gasteiger partial charge in [0.2, 0.25) is 5.91 Å². The van der Waals surface area contributed by atoms with E-state index < -0.39 is 0 Å². The quantitative estimate of drug-likeness (QED) is 0.811. The minimum Gasteiger partial charge on any atom is -0.342 e. The number of hydrogen-bond acceptors (Lipinski definition) is 2. The molecule has 1 aromatic heterocycles. The van der Waals surface area contributed by atoms with Crippen LogP contribution < -0.4 is 0 Å². The first-order chi connectivity index (χ1) is 12.4. The van der Waals surface area contributed by atoms with Gasteiger partial charge in [0.15, 0.2) is 0 Å². The summed E-state index contributed by atoms with van der Waals surface area (Å²) in [6.45, 7) is 7.53. The molecule has 2 aromatic rings. The van der Waals surface area contributed by atoms with Crippen LogP contribution in [0.25, 0.3) is 0 Å². The summed E-state index contributed by atoms with van der Waals surface area (Å²) >= 11 is 0. The highest BCUT2D eigenvalue weighted by Gasteiger charge is 2.27. The van der Waals surface area contributed by atoms with Crippen LogP contribution in [-0.4, -0.2) is 28.9 Å². The SMILES string of the molecule is Cc1cc(Cc2ccc(F)cc2)cc(C2CCCN(C(=O)C(C)C)C2)n1. The molecule has 3 rings (SSSR count). The molecule has 1 aliphatic rings. The second-order valence-corrected chi connectivity index (χ2v) is 7.62. The van der Waals surface area contributed by atoms with E-state index in [1.165, 1.54) is 17.7 Å². The van der Waals surface area contributed by atoms with Crippen molar-refractivity contribution in [3.63, 3.8) is 0 Å². The van der Waals surface area contributed by atoms with Gasteiger partial charge in [-0.3, -0.25) is 9.78 Å². The minimum absolute atomic E-state index is 0.0354. The van der Waals surface area contributed by atoms with Gasteiger partial charge in [-0.2, -0.15) is 0 Å². The van der Waals surface area contributed by atoms with Crippen LogP contribution >= 0.6 is 0 Å². The van der Waals surface area contributed by atoms with Crippen LogP contribution in [0.5, 0.6) is 0 Å². The Hall–Kier alpha value is -2.23. The van der Waals surface area contributed by atoms with Crippen LogP contribution in [0, 0.1) is 18.7 Å². The average Bonchev–Trinajstić information content (AvgIpc) is 2.62. The number of hydrogen-bond donors (Lipinski definition) is 0. The predicted octanol–water partition coefficient (Wildman–Crippen LogP) is 4.48. The van der Waals surface area contributed by atoms with Crippen molar-refractivity contribution in [2.24, 2.45) is 5.92 Å². The highest BCUT2D eigenvalue weighted by atomic mass is 19.1. The molecule has 0 aliphatic carbocycles. The van der Waals surface area contributed by atoms with Crippen LogP contribution in [-0.2, 0) is 11.2 Å². The molecule has 138 valence electrons. The highest BCUT2D eigenvalue weighted by Crippen LogP contribution is 2.28. The van der Waals surface area contributed by atoms with Gasteiger partial charge in [-0.25, -0.2) is 4.39 Å². The Morgan fingerprint density at radius 1 is 1.23 bits per heavy atom. The van der Waals surface area contributed by atoms with E-state index in [2.05, 4.69) is 12.1 Å². The number of carbonyl (C=O) groups excluding carboxylic acids is 1. The third-order valence-corrected chi connectivity index (χ3v) is 5.00. The molecule has 1 aromatic carbocycles. The molecule has 0 bridgehead atoms. The van der Waals surface area contributed by atoms with Gasteiger partial charge in [0, 0.05) is 36.3 Å². The van der Waals surface area contributed by atoms with Gasteiger partial charge in [0.25, 0.3) is 0 Å². The van der Waals surface area contributed by atoms with Crippen molar-refractivity contribution in [2.75, 3.05) is 13.1 Å². The summed E-state index contributed by atoms with van der Waals surface area (Å²) in [5.41, 5.74) is 4.34. The highest BCUT2D eigenvalue weighted by molar-refractivity contribution is 5.78. The third kappa shape index (κ3) is 4.48. The number of nitrogens with zero attached hydrogens (tertiary/aromatic N) is 2. The lowest BCUT2D eigenvalue weighted by molar-refractivity contribution is -0.135. The maximum Gasteiger partial charge on any atom is 0.225 e. The van der Waals surface area contributed by atoms with E-state index in [0.717, 1.165) is 49.3 Å². The van der Waals surface area contributed by atoms with Crippen molar-refractivity contribution in [1.82, 2.24) is 9.88 Å². The summed E-state index contributed by atoms with van der Waals surface area (Å²) in [6, 6.07) is 10.9. The van der Waals surface area contributed by atoms with Crippen LogP contribution in [0.3, 0.4) is 0 Å². The topological polar surface area (TPSA) is 33.2 Å². The fourth-order valence-electron chi connectivity index (χ4n) is 3.70. The zero-order valence-corrected chi connectivity index (χ0v) is 15.8. The van der Waals surface area contributed by atoms with Crippen LogP contribution in [0.4, 0.5) is 4.39 Å². The zero-order valence-electron chi connectivity index (χ0n) is 15.8. The summed E-state index contributed by atoms with van der Waals surface area (Å²) in [5.74, 6) is 0.345. The van der Waals surface area contributed by atoms with Crippen LogP contribution in [0.2, 0.25) is 0 Å². The summed E-state index contributed by atoms with van der Waals surface area (Å²) < 4.78 is 13.1. The maximum atomic E-state index is 13.1. The number of rotatable bonds is 4. The lowest BCUT2D eigenvalue weighted by atomic mass is 9.91. The lowest BCUT2D eigenvalue weighted by Gasteiger charge is -2.34. The predicted molar refractivity (Wildman–Crippen MR) is 102 cm³/mol. The molecule has 3 nitrogen and oxygen atoms in total. The Labute approximate surface area is 155 Å². The Balaban J connectivity index is 1.78. The Kier molecular flexibility index (Phi) is 5.70. The van der Waals surface area contributed by atoms with Crippen molar-refractivity contribution >= 4 is 5.91 Å². The largest absolute Gasteiger partial charge is 0.342 e. The van der Waals surface area contributed by atoms with Gasteiger partial charge in [-0.15, -0.1) is 0 Å². The number of pyridine rings is 1. The minimum atomic E-state index is -0.211. The van der Waals surface area contributed by atoms with E-state index >= 15 is 0 Å². The average molecular weight is 354 g/mol. The Bertz CT molecular complexity index is 770. The van der Waals surface area contributed by atoms with E-state index in [-0.39, 0.29) is 17.6 Å². The molecule has 0 saturated carbocycles. The third-order valence-electron chi connectivity index (χ3n) is 5.00. The second kappa shape index (κ2) is 7.98. The molecule has 1 saturated heterocycles. The molecule has 4 heteroatoms. The number of benzene rings is 1. The number of amides is 1. The smallest absolute Gasteiger partial charge is 0.225 e. The monoisotopic (exact) mass is 354 g/mol. The van der Waals surface area contributed by atoms with Crippen molar-refractivity contribution in [3.8, 4) is 0 Å². The summed E-state index contributed by atoms with van der Waals surface area (Å²) in [5, 5.41) is 0. The molecule has 26 heavy (non-hydrogen) atoms. The molecular weight excluding hydrogens is 327 g/mol. The van der Waals surface area contributed by atoms with Crippen LogP contribution in [0.1, 0.15) is 55.1 Å². The first-order valence-electron chi connectivity index (χ1n) is 9.43. The second-order valence-electron chi connectivity index (χ2n) is 7.62. The van der Waals surface area contributed by atoms with E-state index in [4.69, 9.17) is 4.98 Å². The first kappa shape index (κ1) is 18.6. The van der Waals surface area contributed by atoms with E-state index in [1.807, 2.05) is 37.8 Å². The number of aryl methyl sites for hydroxylation is 1. The van der Waals surface area contributed by atoms with E-state index in [9.17, 15) is 9.18 Å². The van der Waals surface area contributed by atoms with Gasteiger partial charge in [-0.1, -0.05) is 26.0 Å². The van der Waals surface area contributed by atoms with Gasteiger partial charge in [0.05, 0.1) is 0 Å². The Morgan fingerprint density at radius 3 is 2.65 bits per heavy atom. The first-order valence-corrected chi connectivity index (χ1v) is 9.43. The normalized spacial score (nSPS) is 17.6. The molecule has 0 N–H and O–H groups in total. The molecule has 1 amide bonds. The van der Waals surface area contributed by atoms with Gasteiger partial charge < -0.3 is 4.90 Å². The molecule has 1 unspecified atom stereocenters. The van der Waals surface area contributed by atoms with E-state index in [0.29, 0.717) is 5.92 Å². The zero-order chi connectivity index (χ0) is 18.7. The van der Waals surface area contributed by atoms with Gasteiger partial charge in [-0.05, 0) is 61.6 Å². The number of aromatic nitrogens is 1. The van der Waals surface area contributed by atoms with Gasteiger partial charge >= 0.3 is 0 Å². The molecule has 1 fully saturated rings. The lowest BCUT2D eigenvalue weighted by Crippen LogP contribution is -2.41. The summed E-state index contributed by atoms with van der Waals surface area (Å²) in [4.78, 5) is 19.1. The van der Waals surface area contributed by atoms with E-state index in [1.54, 1.807) is 0 Å².